The van der Waals surface area contributed by atoms with Gasteiger partial charge in [-0.15, -0.1) is 11.3 Å². The molecule has 0 bridgehead atoms. The van der Waals surface area contributed by atoms with Crippen LogP contribution >= 0.6 is 23.1 Å². The van der Waals surface area contributed by atoms with Crippen molar-refractivity contribution in [3.05, 3.63) is 70.1 Å². The van der Waals surface area contributed by atoms with Crippen molar-refractivity contribution in [1.82, 2.24) is 24.4 Å². The molecule has 0 N–H and O–H groups in total. The molecule has 0 spiro atoms. The number of nitrogens with zero attached hydrogens (tertiary/aromatic N) is 5. The molecule has 5 rings (SSSR count). The van der Waals surface area contributed by atoms with Crippen LogP contribution < -0.4 is 5.56 Å². The predicted octanol–water partition coefficient (Wildman–Crippen LogP) is 3.93. The zero-order valence-electron chi connectivity index (χ0n) is 18.2. The zero-order valence-corrected chi connectivity index (χ0v) is 19.9. The van der Waals surface area contributed by atoms with E-state index in [1.54, 1.807) is 29.3 Å². The lowest BCUT2D eigenvalue weighted by Crippen LogP contribution is -2.37. The molecule has 1 aromatic carbocycles. The average molecular weight is 480 g/mol. The van der Waals surface area contributed by atoms with Gasteiger partial charge < -0.3 is 4.74 Å². The zero-order chi connectivity index (χ0) is 22.5. The normalized spacial score (nSPS) is 14.7. The molecule has 3 aromatic heterocycles. The first kappa shape index (κ1) is 22.2. The van der Waals surface area contributed by atoms with E-state index in [-0.39, 0.29) is 5.56 Å². The first-order chi connectivity index (χ1) is 16.3. The second-order valence-corrected chi connectivity index (χ2v) is 9.62. The number of pyridine rings is 1. The van der Waals surface area contributed by atoms with Gasteiger partial charge in [0.25, 0.3) is 5.56 Å². The molecule has 0 radical (unpaired) electrons. The Labute approximate surface area is 200 Å². The number of benzene rings is 1. The number of ether oxygens (including phenoxy) is 1. The molecule has 170 valence electrons. The van der Waals surface area contributed by atoms with Gasteiger partial charge in [0.2, 0.25) is 0 Å². The van der Waals surface area contributed by atoms with Crippen LogP contribution in [0.25, 0.3) is 21.6 Å². The van der Waals surface area contributed by atoms with E-state index >= 15 is 0 Å². The van der Waals surface area contributed by atoms with Crippen molar-refractivity contribution in [2.45, 2.75) is 23.9 Å². The fourth-order valence-electron chi connectivity index (χ4n) is 3.85. The van der Waals surface area contributed by atoms with Crippen LogP contribution in [0.4, 0.5) is 0 Å². The van der Waals surface area contributed by atoms with Crippen LogP contribution in [-0.2, 0) is 17.0 Å². The van der Waals surface area contributed by atoms with Crippen molar-refractivity contribution in [3.63, 3.8) is 0 Å². The number of thioether (sulfide) groups is 1. The molecule has 1 aliphatic heterocycles. The van der Waals surface area contributed by atoms with Gasteiger partial charge in [-0.05, 0) is 30.7 Å². The van der Waals surface area contributed by atoms with E-state index in [2.05, 4.69) is 15.3 Å². The minimum atomic E-state index is 0.0255. The maximum absolute atomic E-state index is 13.3. The summed E-state index contributed by atoms with van der Waals surface area (Å²) in [6, 6.07) is 13.4. The molecule has 1 aliphatic rings. The topological polar surface area (TPSA) is 73.1 Å². The predicted molar refractivity (Wildman–Crippen MR) is 133 cm³/mol. The van der Waals surface area contributed by atoms with Gasteiger partial charge in [-0.25, -0.2) is 9.97 Å². The molecule has 7 nitrogen and oxygen atoms in total. The molecular weight excluding hydrogens is 454 g/mol. The van der Waals surface area contributed by atoms with E-state index in [1.807, 2.05) is 47.0 Å². The van der Waals surface area contributed by atoms with E-state index in [9.17, 15) is 4.79 Å². The SMILES string of the molecule is O=c1c2ccccc2nc(SCc2csc(-c3ccccn3)n2)n1CCCN1CCOCC1. The Morgan fingerprint density at radius 3 is 2.73 bits per heavy atom. The summed E-state index contributed by atoms with van der Waals surface area (Å²) in [5.74, 6) is 0.650. The third kappa shape index (κ3) is 5.33. The molecule has 0 atom stereocenters. The van der Waals surface area contributed by atoms with Crippen molar-refractivity contribution in [3.8, 4) is 10.7 Å². The first-order valence-electron chi connectivity index (χ1n) is 11.1. The maximum atomic E-state index is 13.3. The van der Waals surface area contributed by atoms with Gasteiger partial charge in [-0.2, -0.15) is 0 Å². The summed E-state index contributed by atoms with van der Waals surface area (Å²) < 4.78 is 7.27. The van der Waals surface area contributed by atoms with E-state index in [4.69, 9.17) is 14.7 Å². The maximum Gasteiger partial charge on any atom is 0.262 e. The molecule has 9 heteroatoms. The molecule has 1 fully saturated rings. The monoisotopic (exact) mass is 479 g/mol. The third-order valence-electron chi connectivity index (χ3n) is 5.57. The third-order valence-corrected chi connectivity index (χ3v) is 7.49. The summed E-state index contributed by atoms with van der Waals surface area (Å²) in [6.45, 7) is 5.07. The number of thiazole rings is 1. The largest absolute Gasteiger partial charge is 0.379 e. The highest BCUT2D eigenvalue weighted by Gasteiger charge is 2.15. The molecule has 4 aromatic rings. The van der Waals surface area contributed by atoms with Gasteiger partial charge in [0.15, 0.2) is 5.16 Å². The van der Waals surface area contributed by atoms with Crippen LogP contribution in [0.1, 0.15) is 12.1 Å². The molecule has 0 aliphatic carbocycles. The molecule has 33 heavy (non-hydrogen) atoms. The molecule has 0 unspecified atom stereocenters. The number of rotatable bonds is 8. The second kappa shape index (κ2) is 10.6. The standard InChI is InChI=1S/C24H25N5O2S2/c30-23-19-6-1-2-7-20(19)27-24(29(23)11-5-10-28-12-14-31-15-13-28)33-17-18-16-32-22(26-18)21-8-3-4-9-25-21/h1-4,6-9,16H,5,10-15,17H2. The number of hydrogen-bond acceptors (Lipinski definition) is 8. The van der Waals surface area contributed by atoms with Crippen molar-refractivity contribution in [1.29, 1.82) is 0 Å². The summed E-state index contributed by atoms with van der Waals surface area (Å²) in [5, 5.41) is 4.37. The van der Waals surface area contributed by atoms with E-state index in [1.165, 1.54) is 0 Å². The van der Waals surface area contributed by atoms with Gasteiger partial charge in [-0.3, -0.25) is 19.2 Å². The quantitative estimate of drug-likeness (QED) is 0.280. The Bertz CT molecular complexity index is 1270. The average Bonchev–Trinajstić information content (AvgIpc) is 3.35. The molecule has 0 saturated carbocycles. The summed E-state index contributed by atoms with van der Waals surface area (Å²) in [5.41, 5.74) is 2.61. The molecule has 4 heterocycles. The molecular formula is C24H25N5O2S2. The Balaban J connectivity index is 1.34. The Hall–Kier alpha value is -2.59. The van der Waals surface area contributed by atoms with Crippen molar-refractivity contribution >= 4 is 34.0 Å². The van der Waals surface area contributed by atoms with E-state index in [0.29, 0.717) is 17.7 Å². The minimum Gasteiger partial charge on any atom is -0.379 e. The molecule has 0 amide bonds. The Morgan fingerprint density at radius 1 is 1.03 bits per heavy atom. The van der Waals surface area contributed by atoms with Crippen molar-refractivity contribution < 1.29 is 4.74 Å². The van der Waals surface area contributed by atoms with Gasteiger partial charge in [0.1, 0.15) is 5.01 Å². The summed E-state index contributed by atoms with van der Waals surface area (Å²) in [4.78, 5) is 29.6. The smallest absolute Gasteiger partial charge is 0.262 e. The highest BCUT2D eigenvalue weighted by molar-refractivity contribution is 7.98. The minimum absolute atomic E-state index is 0.0255. The number of fused-ring (bicyclic) bond motifs is 1. The van der Waals surface area contributed by atoms with Crippen LogP contribution in [0.3, 0.4) is 0 Å². The van der Waals surface area contributed by atoms with Gasteiger partial charge in [0.05, 0.1) is 35.5 Å². The van der Waals surface area contributed by atoms with Crippen molar-refractivity contribution in [2.75, 3.05) is 32.8 Å². The lowest BCUT2D eigenvalue weighted by molar-refractivity contribution is 0.0368. The Morgan fingerprint density at radius 2 is 1.88 bits per heavy atom. The first-order valence-corrected chi connectivity index (χ1v) is 12.9. The number of morpholine rings is 1. The van der Waals surface area contributed by atoms with Crippen LogP contribution in [0.2, 0.25) is 0 Å². The van der Waals surface area contributed by atoms with Crippen LogP contribution in [-0.4, -0.2) is 57.3 Å². The van der Waals surface area contributed by atoms with E-state index in [0.717, 1.165) is 66.3 Å². The van der Waals surface area contributed by atoms with Crippen molar-refractivity contribution in [2.24, 2.45) is 0 Å². The van der Waals surface area contributed by atoms with Crippen LogP contribution in [0.5, 0.6) is 0 Å². The number of para-hydroxylation sites is 1. The lowest BCUT2D eigenvalue weighted by atomic mass is 10.2. The molecule has 1 saturated heterocycles. The van der Waals surface area contributed by atoms with Gasteiger partial charge in [0, 0.05) is 43.5 Å². The summed E-state index contributed by atoms with van der Waals surface area (Å²) in [6.07, 6.45) is 2.67. The fraction of sp³-hybridized carbons (Fsp3) is 0.333. The van der Waals surface area contributed by atoms with E-state index < -0.39 is 0 Å². The lowest BCUT2D eigenvalue weighted by Gasteiger charge is -2.26. The second-order valence-electron chi connectivity index (χ2n) is 7.82. The number of aromatic nitrogens is 4. The van der Waals surface area contributed by atoms with Gasteiger partial charge in [-0.1, -0.05) is 30.0 Å². The summed E-state index contributed by atoms with van der Waals surface area (Å²) in [7, 11) is 0. The Kier molecular flexibility index (Phi) is 7.11. The van der Waals surface area contributed by atoms with Crippen LogP contribution in [0.15, 0.2) is 64.0 Å². The fourth-order valence-corrected chi connectivity index (χ4v) is 5.67. The highest BCUT2D eigenvalue weighted by atomic mass is 32.2. The van der Waals surface area contributed by atoms with Crippen LogP contribution in [0, 0.1) is 0 Å². The van der Waals surface area contributed by atoms with Gasteiger partial charge >= 0.3 is 0 Å². The number of hydrogen-bond donors (Lipinski definition) is 0. The highest BCUT2D eigenvalue weighted by Crippen LogP contribution is 2.26. The summed E-state index contributed by atoms with van der Waals surface area (Å²) >= 11 is 3.15.